The predicted octanol–water partition coefficient (Wildman–Crippen LogP) is 2.77. The van der Waals surface area contributed by atoms with Gasteiger partial charge in [0.05, 0.1) is 11.4 Å². The Bertz CT molecular complexity index is 884. The van der Waals surface area contributed by atoms with Gasteiger partial charge in [0.2, 0.25) is 10.0 Å². The molecule has 1 heterocycles. The lowest BCUT2D eigenvalue weighted by molar-refractivity contribution is -0.118. The average Bonchev–Trinajstić information content (AvgIpc) is 2.62. The van der Waals surface area contributed by atoms with E-state index in [2.05, 4.69) is 5.32 Å². The van der Waals surface area contributed by atoms with Crippen LogP contribution in [-0.2, 0) is 14.8 Å². The van der Waals surface area contributed by atoms with Gasteiger partial charge in [0, 0.05) is 12.2 Å². The van der Waals surface area contributed by atoms with E-state index in [4.69, 9.17) is 4.74 Å². The summed E-state index contributed by atoms with van der Waals surface area (Å²) in [5.74, 6) is -0.814. The molecule has 1 amide bonds. The highest BCUT2D eigenvalue weighted by Gasteiger charge is 2.25. The number of nitrogens with one attached hydrogen (secondary N) is 1. The van der Waals surface area contributed by atoms with Gasteiger partial charge in [0.1, 0.15) is 0 Å². The summed E-state index contributed by atoms with van der Waals surface area (Å²) in [4.78, 5) is 11.9. The number of anilines is 2. The molecule has 3 rings (SSSR count). The second-order valence-corrected chi connectivity index (χ2v) is 7.92. The molecule has 6 nitrogen and oxygen atoms in total. The number of rotatable bonds is 5. The molecule has 2 aromatic rings. The molecule has 1 aliphatic heterocycles. The molecule has 0 bridgehead atoms. The lowest BCUT2D eigenvalue weighted by Crippen LogP contribution is -2.37. The third kappa shape index (κ3) is 4.32. The number of hydrogen-bond acceptors (Lipinski definition) is 4. The summed E-state index contributed by atoms with van der Waals surface area (Å²) >= 11 is 0. The number of para-hydroxylation sites is 1. The number of carbonyl (C=O) groups is 1. The molecule has 138 valence electrons. The SMILES string of the molecule is O=C(COc1ccccc1F)Nc1ccc(N2CCCCS2(=O)=O)cc1. The average molecular weight is 378 g/mol. The molecular formula is C18H19FN2O4S. The number of hydrogen-bond donors (Lipinski definition) is 1. The Labute approximate surface area is 151 Å². The minimum atomic E-state index is -3.27. The number of ether oxygens (including phenoxy) is 1. The van der Waals surface area contributed by atoms with Crippen LogP contribution in [0.5, 0.6) is 5.75 Å². The summed E-state index contributed by atoms with van der Waals surface area (Å²) in [6.07, 6.45) is 1.50. The van der Waals surface area contributed by atoms with Crippen LogP contribution >= 0.6 is 0 Å². The van der Waals surface area contributed by atoms with E-state index >= 15 is 0 Å². The Morgan fingerprint density at radius 1 is 1.12 bits per heavy atom. The van der Waals surface area contributed by atoms with Crippen molar-refractivity contribution in [3.8, 4) is 5.75 Å². The van der Waals surface area contributed by atoms with E-state index in [0.29, 0.717) is 24.3 Å². The van der Waals surface area contributed by atoms with Crippen molar-refractivity contribution in [3.63, 3.8) is 0 Å². The van der Waals surface area contributed by atoms with Crippen LogP contribution in [0.1, 0.15) is 12.8 Å². The molecule has 1 N–H and O–H groups in total. The smallest absolute Gasteiger partial charge is 0.262 e. The third-order valence-electron chi connectivity index (χ3n) is 3.98. The molecule has 26 heavy (non-hydrogen) atoms. The summed E-state index contributed by atoms with van der Waals surface area (Å²) < 4.78 is 44.2. The molecule has 1 aliphatic rings. The number of halogens is 1. The zero-order chi connectivity index (χ0) is 18.6. The molecule has 0 aliphatic carbocycles. The minimum Gasteiger partial charge on any atom is -0.481 e. The zero-order valence-electron chi connectivity index (χ0n) is 14.0. The molecule has 8 heteroatoms. The monoisotopic (exact) mass is 378 g/mol. The third-order valence-corrected chi connectivity index (χ3v) is 5.85. The number of amides is 1. The Balaban J connectivity index is 1.59. The van der Waals surface area contributed by atoms with Crippen molar-refractivity contribution >= 4 is 27.3 Å². The molecule has 0 aromatic heterocycles. The van der Waals surface area contributed by atoms with E-state index in [1.807, 2.05) is 0 Å². The normalized spacial score (nSPS) is 16.1. The van der Waals surface area contributed by atoms with Gasteiger partial charge in [-0.2, -0.15) is 0 Å². The molecule has 1 fully saturated rings. The Hall–Kier alpha value is -2.61. The number of sulfonamides is 1. The van der Waals surface area contributed by atoms with E-state index in [1.54, 1.807) is 30.3 Å². The Kier molecular flexibility index (Phi) is 5.41. The van der Waals surface area contributed by atoms with E-state index in [1.165, 1.54) is 22.5 Å². The van der Waals surface area contributed by atoms with Gasteiger partial charge in [-0.05, 0) is 49.2 Å². The topological polar surface area (TPSA) is 75.7 Å². The van der Waals surface area contributed by atoms with Crippen molar-refractivity contribution in [3.05, 3.63) is 54.3 Å². The van der Waals surface area contributed by atoms with Crippen molar-refractivity contribution in [2.45, 2.75) is 12.8 Å². The van der Waals surface area contributed by atoms with Gasteiger partial charge in [-0.1, -0.05) is 12.1 Å². The molecule has 1 saturated heterocycles. The first kappa shape index (κ1) is 18.2. The largest absolute Gasteiger partial charge is 0.481 e. The van der Waals surface area contributed by atoms with Crippen LogP contribution in [0.25, 0.3) is 0 Å². The Morgan fingerprint density at radius 2 is 1.85 bits per heavy atom. The van der Waals surface area contributed by atoms with Gasteiger partial charge in [-0.15, -0.1) is 0 Å². The standard InChI is InChI=1S/C18H19FN2O4S/c19-16-5-1-2-6-17(16)25-13-18(22)20-14-7-9-15(10-8-14)21-11-3-4-12-26(21,23)24/h1-2,5-10H,3-4,11-13H2,(H,20,22). The van der Waals surface area contributed by atoms with Crippen molar-refractivity contribution in [2.75, 3.05) is 28.5 Å². The van der Waals surface area contributed by atoms with E-state index < -0.39 is 21.7 Å². The van der Waals surface area contributed by atoms with Crippen LogP contribution in [0, 0.1) is 5.82 Å². The summed E-state index contributed by atoms with van der Waals surface area (Å²) in [5.41, 5.74) is 1.08. The first-order valence-corrected chi connectivity index (χ1v) is 9.84. The zero-order valence-corrected chi connectivity index (χ0v) is 14.8. The molecule has 0 radical (unpaired) electrons. The molecule has 2 aromatic carbocycles. The molecule has 0 atom stereocenters. The van der Waals surface area contributed by atoms with Crippen LogP contribution in [0.4, 0.5) is 15.8 Å². The number of benzene rings is 2. The van der Waals surface area contributed by atoms with Gasteiger partial charge in [-0.25, -0.2) is 12.8 Å². The van der Waals surface area contributed by atoms with Crippen LogP contribution < -0.4 is 14.4 Å². The van der Waals surface area contributed by atoms with E-state index in [0.717, 1.165) is 6.42 Å². The second kappa shape index (κ2) is 7.74. The van der Waals surface area contributed by atoms with Gasteiger partial charge in [0.15, 0.2) is 18.2 Å². The summed E-state index contributed by atoms with van der Waals surface area (Å²) in [5, 5.41) is 2.63. The number of nitrogens with zero attached hydrogens (tertiary/aromatic N) is 1. The highest BCUT2D eigenvalue weighted by molar-refractivity contribution is 7.92. The van der Waals surface area contributed by atoms with E-state index in [9.17, 15) is 17.6 Å². The second-order valence-electron chi connectivity index (χ2n) is 5.91. The van der Waals surface area contributed by atoms with Crippen molar-refractivity contribution in [1.29, 1.82) is 0 Å². The maximum absolute atomic E-state index is 13.4. The minimum absolute atomic E-state index is 0.00769. The highest BCUT2D eigenvalue weighted by Crippen LogP contribution is 2.25. The summed E-state index contributed by atoms with van der Waals surface area (Å²) in [7, 11) is -3.27. The fraction of sp³-hybridized carbons (Fsp3) is 0.278. The summed E-state index contributed by atoms with van der Waals surface area (Å²) in [6.45, 7) is 0.133. The number of carbonyl (C=O) groups excluding carboxylic acids is 1. The van der Waals surface area contributed by atoms with Crippen LogP contribution in [-0.4, -0.2) is 33.2 Å². The Morgan fingerprint density at radius 3 is 2.54 bits per heavy atom. The van der Waals surface area contributed by atoms with Gasteiger partial charge in [-0.3, -0.25) is 9.10 Å². The fourth-order valence-corrected chi connectivity index (χ4v) is 4.33. The van der Waals surface area contributed by atoms with Crippen LogP contribution in [0.15, 0.2) is 48.5 Å². The predicted molar refractivity (Wildman–Crippen MR) is 97.3 cm³/mol. The molecular weight excluding hydrogens is 359 g/mol. The van der Waals surface area contributed by atoms with Gasteiger partial charge < -0.3 is 10.1 Å². The van der Waals surface area contributed by atoms with Crippen LogP contribution in [0.3, 0.4) is 0 Å². The first-order valence-electron chi connectivity index (χ1n) is 8.23. The van der Waals surface area contributed by atoms with Crippen LogP contribution in [0.2, 0.25) is 0 Å². The maximum atomic E-state index is 13.4. The van der Waals surface area contributed by atoms with Crippen molar-refractivity contribution in [1.82, 2.24) is 0 Å². The lowest BCUT2D eigenvalue weighted by Gasteiger charge is -2.28. The highest BCUT2D eigenvalue weighted by atomic mass is 32.2. The van der Waals surface area contributed by atoms with Gasteiger partial charge >= 0.3 is 0 Å². The van der Waals surface area contributed by atoms with Crippen molar-refractivity contribution < 1.29 is 22.3 Å². The fourth-order valence-electron chi connectivity index (χ4n) is 2.69. The lowest BCUT2D eigenvalue weighted by atomic mass is 10.2. The summed E-state index contributed by atoms with van der Waals surface area (Å²) in [6, 6.07) is 12.4. The molecule has 0 spiro atoms. The van der Waals surface area contributed by atoms with Crippen molar-refractivity contribution in [2.24, 2.45) is 0 Å². The van der Waals surface area contributed by atoms with E-state index in [-0.39, 0.29) is 18.1 Å². The maximum Gasteiger partial charge on any atom is 0.262 e. The quantitative estimate of drug-likeness (QED) is 0.868. The first-order chi connectivity index (χ1) is 12.5. The van der Waals surface area contributed by atoms with Gasteiger partial charge in [0.25, 0.3) is 5.91 Å². The molecule has 0 unspecified atom stereocenters. The molecule has 0 saturated carbocycles.